The van der Waals surface area contributed by atoms with Crippen molar-refractivity contribution >= 4 is 5.97 Å². The lowest BCUT2D eigenvalue weighted by atomic mass is 10.2. The first kappa shape index (κ1) is 10.4. The van der Waals surface area contributed by atoms with Crippen LogP contribution in [0.1, 0.15) is 13.3 Å². The summed E-state index contributed by atoms with van der Waals surface area (Å²) < 4.78 is 25.3. The summed E-state index contributed by atoms with van der Waals surface area (Å²) in [6, 6.07) is 0. The topological polar surface area (TPSA) is 40.5 Å². The summed E-state index contributed by atoms with van der Waals surface area (Å²) in [6.07, 6.45) is -0.153. The quantitative estimate of drug-likeness (QED) is 0.728. The van der Waals surface area contributed by atoms with Crippen LogP contribution in [0.3, 0.4) is 0 Å². The van der Waals surface area contributed by atoms with Gasteiger partial charge in [0, 0.05) is 19.5 Å². The summed E-state index contributed by atoms with van der Waals surface area (Å²) in [6.45, 7) is 1.74. The molecule has 5 heteroatoms. The van der Waals surface area contributed by atoms with Crippen molar-refractivity contribution < 1.29 is 18.7 Å². The van der Waals surface area contributed by atoms with Crippen LogP contribution in [0, 0.1) is 5.92 Å². The number of rotatable bonds is 3. The molecule has 3 nitrogen and oxygen atoms in total. The standard InChI is InChI=1S/C8H13F2NO2/c1-6(7(12)13)4-11-3-2-8(9,10)5-11/h6H,2-5H2,1H3,(H,12,13). The van der Waals surface area contributed by atoms with Gasteiger partial charge >= 0.3 is 5.97 Å². The molecule has 1 heterocycles. The van der Waals surface area contributed by atoms with Crippen molar-refractivity contribution in [3.63, 3.8) is 0 Å². The zero-order chi connectivity index (χ0) is 10.1. The molecule has 0 aromatic rings. The Kier molecular flexibility index (Phi) is 2.85. The predicted molar refractivity (Wildman–Crippen MR) is 42.8 cm³/mol. The highest BCUT2D eigenvalue weighted by Gasteiger charge is 2.38. The molecule has 1 unspecified atom stereocenters. The van der Waals surface area contributed by atoms with Crippen molar-refractivity contribution in [2.24, 2.45) is 5.92 Å². The highest BCUT2D eigenvalue weighted by Crippen LogP contribution is 2.27. The number of nitrogens with zero attached hydrogens (tertiary/aromatic N) is 1. The van der Waals surface area contributed by atoms with Gasteiger partial charge in [0.05, 0.1) is 12.5 Å². The second kappa shape index (κ2) is 3.57. The average molecular weight is 193 g/mol. The van der Waals surface area contributed by atoms with Crippen LogP contribution in [0.15, 0.2) is 0 Å². The fourth-order valence-electron chi connectivity index (χ4n) is 1.43. The Morgan fingerprint density at radius 1 is 1.69 bits per heavy atom. The first-order valence-corrected chi connectivity index (χ1v) is 4.24. The second-order valence-electron chi connectivity index (χ2n) is 3.58. The summed E-state index contributed by atoms with van der Waals surface area (Å²) >= 11 is 0. The zero-order valence-electron chi connectivity index (χ0n) is 7.46. The molecule has 1 aliphatic heterocycles. The summed E-state index contributed by atoms with van der Waals surface area (Å²) in [4.78, 5) is 11.9. The Morgan fingerprint density at radius 3 is 2.69 bits per heavy atom. The normalized spacial score (nSPS) is 24.5. The maximum atomic E-state index is 12.7. The molecule has 1 fully saturated rings. The molecule has 0 spiro atoms. The Balaban J connectivity index is 2.36. The van der Waals surface area contributed by atoms with Gasteiger partial charge < -0.3 is 5.11 Å². The van der Waals surface area contributed by atoms with Gasteiger partial charge in [0.25, 0.3) is 5.92 Å². The first-order chi connectivity index (χ1) is 5.91. The van der Waals surface area contributed by atoms with Gasteiger partial charge in [-0.15, -0.1) is 0 Å². The first-order valence-electron chi connectivity index (χ1n) is 4.24. The van der Waals surface area contributed by atoms with Crippen molar-refractivity contribution in [2.75, 3.05) is 19.6 Å². The van der Waals surface area contributed by atoms with Gasteiger partial charge in [0.1, 0.15) is 0 Å². The van der Waals surface area contributed by atoms with Crippen molar-refractivity contribution in [1.82, 2.24) is 4.90 Å². The number of carbonyl (C=O) groups is 1. The van der Waals surface area contributed by atoms with E-state index in [0.29, 0.717) is 6.54 Å². The monoisotopic (exact) mass is 193 g/mol. The summed E-state index contributed by atoms with van der Waals surface area (Å²) in [5.41, 5.74) is 0. The molecule has 76 valence electrons. The van der Waals surface area contributed by atoms with Crippen molar-refractivity contribution in [3.8, 4) is 0 Å². The number of carboxylic acid groups (broad SMARTS) is 1. The van der Waals surface area contributed by atoms with Gasteiger partial charge in [0.15, 0.2) is 0 Å². The third kappa shape index (κ3) is 2.91. The highest BCUT2D eigenvalue weighted by atomic mass is 19.3. The SMILES string of the molecule is CC(CN1CCC(F)(F)C1)C(=O)O. The van der Waals surface area contributed by atoms with Crippen LogP contribution in [0.4, 0.5) is 8.78 Å². The molecule has 13 heavy (non-hydrogen) atoms. The van der Waals surface area contributed by atoms with E-state index in [4.69, 9.17) is 5.11 Å². The molecule has 1 saturated heterocycles. The number of hydrogen-bond acceptors (Lipinski definition) is 2. The van der Waals surface area contributed by atoms with Crippen LogP contribution >= 0.6 is 0 Å². The summed E-state index contributed by atoms with van der Waals surface area (Å²) in [5, 5.41) is 8.56. The number of aliphatic carboxylic acids is 1. The summed E-state index contributed by atoms with van der Waals surface area (Å²) in [5.74, 6) is -4.14. The van der Waals surface area contributed by atoms with E-state index < -0.39 is 17.8 Å². The third-order valence-electron chi connectivity index (χ3n) is 2.20. The lowest BCUT2D eigenvalue weighted by molar-refractivity contribution is -0.141. The average Bonchev–Trinajstić information content (AvgIpc) is 2.30. The Morgan fingerprint density at radius 2 is 2.31 bits per heavy atom. The number of carboxylic acids is 1. The molecule has 1 rings (SSSR count). The van der Waals surface area contributed by atoms with Gasteiger partial charge in [-0.1, -0.05) is 6.92 Å². The molecule has 1 aliphatic rings. The minimum absolute atomic E-state index is 0.153. The predicted octanol–water partition coefficient (Wildman–Crippen LogP) is 1.05. The van der Waals surface area contributed by atoms with Gasteiger partial charge in [-0.2, -0.15) is 0 Å². The molecular weight excluding hydrogens is 180 g/mol. The van der Waals surface area contributed by atoms with Crippen LogP contribution < -0.4 is 0 Å². The number of likely N-dealkylation sites (tertiary alicyclic amines) is 1. The number of hydrogen-bond donors (Lipinski definition) is 1. The minimum Gasteiger partial charge on any atom is -0.481 e. The molecule has 0 bridgehead atoms. The molecule has 1 N–H and O–H groups in total. The molecule has 0 amide bonds. The smallest absolute Gasteiger partial charge is 0.307 e. The molecule has 0 aromatic heterocycles. The maximum Gasteiger partial charge on any atom is 0.307 e. The van der Waals surface area contributed by atoms with E-state index in [2.05, 4.69) is 0 Å². The molecule has 0 radical (unpaired) electrons. The molecule has 1 atom stereocenters. The van der Waals surface area contributed by atoms with E-state index in [0.717, 1.165) is 0 Å². The Labute approximate surface area is 75.3 Å². The van der Waals surface area contributed by atoms with Crippen LogP contribution in [-0.2, 0) is 4.79 Å². The van der Waals surface area contributed by atoms with Gasteiger partial charge in [0.2, 0.25) is 0 Å². The van der Waals surface area contributed by atoms with Gasteiger partial charge in [-0.3, -0.25) is 9.69 Å². The molecular formula is C8H13F2NO2. The highest BCUT2D eigenvalue weighted by molar-refractivity contribution is 5.69. The van der Waals surface area contributed by atoms with E-state index in [1.807, 2.05) is 0 Å². The van der Waals surface area contributed by atoms with E-state index >= 15 is 0 Å². The largest absolute Gasteiger partial charge is 0.481 e. The van der Waals surface area contributed by atoms with E-state index in [9.17, 15) is 13.6 Å². The van der Waals surface area contributed by atoms with Crippen LogP contribution in [0.25, 0.3) is 0 Å². The number of alkyl halides is 2. The van der Waals surface area contributed by atoms with E-state index in [1.54, 1.807) is 0 Å². The fraction of sp³-hybridized carbons (Fsp3) is 0.875. The molecule has 0 saturated carbocycles. The van der Waals surface area contributed by atoms with Crippen molar-refractivity contribution in [2.45, 2.75) is 19.3 Å². The van der Waals surface area contributed by atoms with Crippen molar-refractivity contribution in [3.05, 3.63) is 0 Å². The third-order valence-corrected chi connectivity index (χ3v) is 2.20. The number of halogens is 2. The lowest BCUT2D eigenvalue weighted by Gasteiger charge is -2.17. The fourth-order valence-corrected chi connectivity index (χ4v) is 1.43. The van der Waals surface area contributed by atoms with Crippen LogP contribution in [-0.4, -0.2) is 41.5 Å². The molecule has 0 aliphatic carbocycles. The second-order valence-corrected chi connectivity index (χ2v) is 3.58. The van der Waals surface area contributed by atoms with Crippen LogP contribution in [0.2, 0.25) is 0 Å². The van der Waals surface area contributed by atoms with E-state index in [1.165, 1.54) is 11.8 Å². The van der Waals surface area contributed by atoms with E-state index in [-0.39, 0.29) is 19.5 Å². The zero-order valence-corrected chi connectivity index (χ0v) is 7.46. The molecule has 0 aromatic carbocycles. The summed E-state index contributed by atoms with van der Waals surface area (Å²) in [7, 11) is 0. The lowest BCUT2D eigenvalue weighted by Crippen LogP contribution is -2.32. The Hall–Kier alpha value is -0.710. The Bertz CT molecular complexity index is 208. The van der Waals surface area contributed by atoms with Crippen LogP contribution in [0.5, 0.6) is 0 Å². The van der Waals surface area contributed by atoms with Gasteiger partial charge in [-0.25, -0.2) is 8.78 Å². The maximum absolute atomic E-state index is 12.7. The van der Waals surface area contributed by atoms with Crippen molar-refractivity contribution in [1.29, 1.82) is 0 Å². The minimum atomic E-state index is -2.63. The van der Waals surface area contributed by atoms with Gasteiger partial charge in [-0.05, 0) is 0 Å².